The van der Waals surface area contributed by atoms with E-state index in [4.69, 9.17) is 4.74 Å². The molecule has 1 fully saturated rings. The third-order valence-corrected chi connectivity index (χ3v) is 4.18. The van der Waals surface area contributed by atoms with Gasteiger partial charge in [-0.25, -0.2) is 0 Å². The summed E-state index contributed by atoms with van der Waals surface area (Å²) >= 11 is 0. The summed E-state index contributed by atoms with van der Waals surface area (Å²) in [7, 11) is 0. The van der Waals surface area contributed by atoms with Gasteiger partial charge in [-0.1, -0.05) is 24.3 Å². The van der Waals surface area contributed by atoms with Crippen molar-refractivity contribution in [2.24, 2.45) is 17.8 Å². The molecule has 2 aliphatic carbocycles. The van der Waals surface area contributed by atoms with Crippen LogP contribution in [-0.4, -0.2) is 23.0 Å². The van der Waals surface area contributed by atoms with Crippen LogP contribution in [0.15, 0.2) is 36.4 Å². The summed E-state index contributed by atoms with van der Waals surface area (Å²) in [6.07, 6.45) is 4.43. The Morgan fingerprint density at radius 2 is 2.00 bits per heavy atom. The highest BCUT2D eigenvalue weighted by atomic mass is 16.5. The normalized spacial score (nSPS) is 30.4. The van der Waals surface area contributed by atoms with Crippen molar-refractivity contribution in [3.63, 3.8) is 0 Å². The number of benzene rings is 1. The number of phenols is 1. The maximum absolute atomic E-state index is 12.6. The summed E-state index contributed by atoms with van der Waals surface area (Å²) in [5.41, 5.74) is 0.347. The summed E-state index contributed by atoms with van der Waals surface area (Å²) in [6.45, 7) is 1.39. The number of hydrogen-bond donors (Lipinski definition) is 1. The van der Waals surface area contributed by atoms with Crippen molar-refractivity contribution in [1.29, 1.82) is 0 Å². The number of ether oxygens (including phenoxy) is 1. The largest absolute Gasteiger partial charge is 0.507 e. The average Bonchev–Trinajstić information content (AvgIpc) is 2.95. The minimum atomic E-state index is -0.315. The van der Waals surface area contributed by atoms with Crippen LogP contribution in [0.25, 0.3) is 0 Å². The third kappa shape index (κ3) is 2.01. The van der Waals surface area contributed by atoms with Crippen molar-refractivity contribution < 1.29 is 19.4 Å². The van der Waals surface area contributed by atoms with Crippen molar-refractivity contribution in [2.75, 3.05) is 0 Å². The number of Topliss-reactive ketones (excluding diaryl/α,β-unsaturated/α-hetero) is 1. The molecule has 4 heteroatoms. The molecule has 0 heterocycles. The molecule has 1 saturated carbocycles. The molecule has 1 unspecified atom stereocenters. The monoisotopic (exact) mass is 272 g/mol. The highest BCUT2D eigenvalue weighted by molar-refractivity contribution is 6.00. The quantitative estimate of drug-likeness (QED) is 0.521. The highest BCUT2D eigenvalue weighted by Gasteiger charge is 2.49. The van der Waals surface area contributed by atoms with E-state index in [1.165, 1.54) is 13.0 Å². The van der Waals surface area contributed by atoms with Crippen LogP contribution in [0.4, 0.5) is 0 Å². The molecular weight excluding hydrogens is 256 g/mol. The summed E-state index contributed by atoms with van der Waals surface area (Å²) in [6, 6.07) is 6.57. The maximum Gasteiger partial charge on any atom is 0.302 e. The number of para-hydroxylation sites is 1. The standard InChI is InChI=1S/C16H16O4/c1-9(17)20-16-10-6-7-11(16)13(8-10)15(19)12-4-2-3-5-14(12)18/h2-7,10-11,13,16,18H,8H2,1H3/t10-,11+,13+,16?/m0/s1. The van der Waals surface area contributed by atoms with E-state index in [9.17, 15) is 14.7 Å². The molecule has 1 aromatic rings. The fourth-order valence-corrected chi connectivity index (χ4v) is 3.32. The van der Waals surface area contributed by atoms with E-state index < -0.39 is 0 Å². The van der Waals surface area contributed by atoms with E-state index in [2.05, 4.69) is 0 Å². The van der Waals surface area contributed by atoms with Crippen LogP contribution in [-0.2, 0) is 9.53 Å². The Balaban J connectivity index is 1.83. The smallest absolute Gasteiger partial charge is 0.302 e. The Bertz CT molecular complexity index is 590. The topological polar surface area (TPSA) is 63.6 Å². The third-order valence-electron chi connectivity index (χ3n) is 4.18. The molecule has 1 aromatic carbocycles. The van der Waals surface area contributed by atoms with Crippen molar-refractivity contribution in [1.82, 2.24) is 0 Å². The molecule has 2 bridgehead atoms. The Kier molecular flexibility index (Phi) is 3.08. The summed E-state index contributed by atoms with van der Waals surface area (Å²) in [4.78, 5) is 23.7. The van der Waals surface area contributed by atoms with E-state index >= 15 is 0 Å². The zero-order valence-corrected chi connectivity index (χ0v) is 11.2. The van der Waals surface area contributed by atoms with Gasteiger partial charge in [0, 0.05) is 24.7 Å². The van der Waals surface area contributed by atoms with Crippen molar-refractivity contribution in [3.05, 3.63) is 42.0 Å². The first-order chi connectivity index (χ1) is 9.58. The van der Waals surface area contributed by atoms with Crippen LogP contribution in [0.1, 0.15) is 23.7 Å². The van der Waals surface area contributed by atoms with Gasteiger partial charge in [-0.2, -0.15) is 0 Å². The second kappa shape index (κ2) is 4.78. The average molecular weight is 272 g/mol. The number of rotatable bonds is 3. The van der Waals surface area contributed by atoms with E-state index in [-0.39, 0.29) is 41.4 Å². The van der Waals surface area contributed by atoms with Crippen LogP contribution in [0, 0.1) is 17.8 Å². The maximum atomic E-state index is 12.6. The molecule has 104 valence electrons. The molecule has 0 saturated heterocycles. The predicted octanol–water partition coefficient (Wildman–Crippen LogP) is 2.33. The number of phenolic OH excluding ortho intramolecular Hbond substituents is 1. The van der Waals surface area contributed by atoms with E-state index in [1.54, 1.807) is 18.2 Å². The predicted molar refractivity (Wildman–Crippen MR) is 72.2 cm³/mol. The lowest BCUT2D eigenvalue weighted by atomic mass is 9.86. The molecule has 0 spiro atoms. The molecular formula is C16H16O4. The van der Waals surface area contributed by atoms with Gasteiger partial charge in [0.2, 0.25) is 0 Å². The van der Waals surface area contributed by atoms with Gasteiger partial charge in [0.15, 0.2) is 5.78 Å². The Hall–Kier alpha value is -2.10. The van der Waals surface area contributed by atoms with Gasteiger partial charge in [0.25, 0.3) is 0 Å². The van der Waals surface area contributed by atoms with Crippen LogP contribution < -0.4 is 0 Å². The van der Waals surface area contributed by atoms with Crippen molar-refractivity contribution >= 4 is 11.8 Å². The fraction of sp³-hybridized carbons (Fsp3) is 0.375. The molecule has 20 heavy (non-hydrogen) atoms. The van der Waals surface area contributed by atoms with Gasteiger partial charge < -0.3 is 9.84 Å². The van der Waals surface area contributed by atoms with Gasteiger partial charge in [-0.15, -0.1) is 0 Å². The summed E-state index contributed by atoms with van der Waals surface area (Å²) in [5.74, 6) is -0.558. The van der Waals surface area contributed by atoms with Crippen molar-refractivity contribution in [2.45, 2.75) is 19.4 Å². The first kappa shape index (κ1) is 12.9. The minimum Gasteiger partial charge on any atom is -0.507 e. The number of carbonyl (C=O) groups excluding carboxylic acids is 2. The zero-order valence-electron chi connectivity index (χ0n) is 11.2. The Morgan fingerprint density at radius 1 is 1.25 bits per heavy atom. The summed E-state index contributed by atoms with van der Waals surface area (Å²) in [5, 5.41) is 9.80. The lowest BCUT2D eigenvalue weighted by Crippen LogP contribution is -2.26. The second-order valence-corrected chi connectivity index (χ2v) is 5.42. The lowest BCUT2D eigenvalue weighted by Gasteiger charge is -2.19. The first-order valence-electron chi connectivity index (χ1n) is 6.75. The van der Waals surface area contributed by atoms with Gasteiger partial charge in [0.1, 0.15) is 11.9 Å². The van der Waals surface area contributed by atoms with Gasteiger partial charge in [-0.05, 0) is 18.6 Å². The Labute approximate surface area is 117 Å². The molecule has 0 radical (unpaired) electrons. The minimum absolute atomic E-state index is 0.00768. The first-order valence-corrected chi connectivity index (χ1v) is 6.75. The number of esters is 1. The fourth-order valence-electron chi connectivity index (χ4n) is 3.32. The number of aromatic hydroxyl groups is 1. The van der Waals surface area contributed by atoms with Crippen LogP contribution in [0.5, 0.6) is 5.75 Å². The van der Waals surface area contributed by atoms with E-state index in [1.807, 2.05) is 12.2 Å². The molecule has 3 rings (SSSR count). The van der Waals surface area contributed by atoms with Crippen molar-refractivity contribution in [3.8, 4) is 5.75 Å². The molecule has 4 nitrogen and oxygen atoms in total. The lowest BCUT2D eigenvalue weighted by molar-refractivity contribution is -0.148. The molecule has 0 amide bonds. The van der Waals surface area contributed by atoms with Gasteiger partial charge >= 0.3 is 5.97 Å². The van der Waals surface area contributed by atoms with E-state index in [0.29, 0.717) is 12.0 Å². The molecule has 4 atom stereocenters. The van der Waals surface area contributed by atoms with Crippen LogP contribution in [0.2, 0.25) is 0 Å². The SMILES string of the molecule is CC(=O)OC1[C@H]2C=C[C@@H]1[C@H](C(=O)c1ccccc1O)C2. The molecule has 0 aromatic heterocycles. The van der Waals surface area contributed by atoms with Gasteiger partial charge in [-0.3, -0.25) is 9.59 Å². The second-order valence-electron chi connectivity index (χ2n) is 5.42. The molecule has 1 N–H and O–H groups in total. The number of hydrogen-bond acceptors (Lipinski definition) is 4. The molecule has 2 aliphatic rings. The van der Waals surface area contributed by atoms with Crippen LogP contribution >= 0.6 is 0 Å². The van der Waals surface area contributed by atoms with E-state index in [0.717, 1.165) is 0 Å². The highest BCUT2D eigenvalue weighted by Crippen LogP contribution is 2.47. The number of carbonyl (C=O) groups is 2. The number of ketones is 1. The van der Waals surface area contributed by atoms with Gasteiger partial charge in [0.05, 0.1) is 5.56 Å². The Morgan fingerprint density at radius 3 is 2.70 bits per heavy atom. The number of fused-ring (bicyclic) bond motifs is 2. The summed E-state index contributed by atoms with van der Waals surface area (Å²) < 4.78 is 5.33. The van der Waals surface area contributed by atoms with Crippen LogP contribution in [0.3, 0.4) is 0 Å². The molecule has 0 aliphatic heterocycles. The zero-order chi connectivity index (χ0) is 14.3.